The van der Waals surface area contributed by atoms with Gasteiger partial charge in [-0.2, -0.15) is 0 Å². The number of rotatable bonds is 6. The smallest absolute Gasteiger partial charge is 0.338 e. The van der Waals surface area contributed by atoms with E-state index in [1.54, 1.807) is 47.8 Å². The van der Waals surface area contributed by atoms with Crippen molar-refractivity contribution in [3.05, 3.63) is 74.8 Å². The molecule has 0 atom stereocenters. The number of carbonyl (C=O) groups is 2. The summed E-state index contributed by atoms with van der Waals surface area (Å²) in [6.45, 7) is 3.44. The predicted molar refractivity (Wildman–Crippen MR) is 130 cm³/mol. The van der Waals surface area contributed by atoms with E-state index in [1.165, 1.54) is 11.3 Å². The van der Waals surface area contributed by atoms with Crippen molar-refractivity contribution in [2.24, 2.45) is 0 Å². The highest BCUT2D eigenvalue weighted by molar-refractivity contribution is 7.14. The molecule has 168 valence electrons. The zero-order valence-electron chi connectivity index (χ0n) is 17.6. The Balaban J connectivity index is 1.32. The van der Waals surface area contributed by atoms with Gasteiger partial charge in [-0.15, -0.1) is 11.3 Å². The average Bonchev–Trinajstić information content (AvgIpc) is 3.40. The third-order valence-corrected chi connectivity index (χ3v) is 6.32. The minimum Gasteiger partial charge on any atom is -0.452 e. The number of halogens is 2. The van der Waals surface area contributed by atoms with Crippen LogP contribution in [0.15, 0.2) is 47.8 Å². The van der Waals surface area contributed by atoms with Crippen LogP contribution in [0.5, 0.6) is 0 Å². The van der Waals surface area contributed by atoms with Gasteiger partial charge in [0, 0.05) is 22.2 Å². The number of thiazole rings is 1. The second-order valence-electron chi connectivity index (χ2n) is 7.16. The minimum atomic E-state index is -0.598. The first-order chi connectivity index (χ1) is 15.8. The highest BCUT2D eigenvalue weighted by Gasteiger charge is 2.14. The van der Waals surface area contributed by atoms with Crippen LogP contribution in [-0.2, 0) is 9.53 Å². The quantitative estimate of drug-likeness (QED) is 0.320. The Labute approximate surface area is 203 Å². The molecule has 7 nitrogen and oxygen atoms in total. The maximum Gasteiger partial charge on any atom is 0.338 e. The molecule has 0 saturated heterocycles. The average molecular weight is 501 g/mol. The number of H-pyrrole nitrogens is 1. The first-order valence-corrected chi connectivity index (χ1v) is 11.5. The van der Waals surface area contributed by atoms with E-state index in [0.29, 0.717) is 26.4 Å². The van der Waals surface area contributed by atoms with Crippen molar-refractivity contribution in [2.75, 3.05) is 11.9 Å². The van der Waals surface area contributed by atoms with Crippen LogP contribution in [-0.4, -0.2) is 33.4 Å². The van der Waals surface area contributed by atoms with Crippen molar-refractivity contribution in [1.29, 1.82) is 0 Å². The monoisotopic (exact) mass is 500 g/mol. The summed E-state index contributed by atoms with van der Waals surface area (Å²) in [5, 5.41) is 5.65. The van der Waals surface area contributed by atoms with Crippen molar-refractivity contribution in [3.63, 3.8) is 0 Å². The molecule has 4 aromatic rings. The maximum absolute atomic E-state index is 12.3. The van der Waals surface area contributed by atoms with Gasteiger partial charge in [0.25, 0.3) is 5.91 Å². The van der Waals surface area contributed by atoms with E-state index in [2.05, 4.69) is 20.3 Å². The number of carbonyl (C=O) groups excluding carboxylic acids is 2. The number of ether oxygens (including phenoxy) is 1. The van der Waals surface area contributed by atoms with Crippen molar-refractivity contribution >= 4 is 51.5 Å². The number of aromatic nitrogens is 3. The molecule has 0 fully saturated rings. The summed E-state index contributed by atoms with van der Waals surface area (Å²) in [6.07, 6.45) is 0. The van der Waals surface area contributed by atoms with Gasteiger partial charge in [0.1, 0.15) is 5.82 Å². The van der Waals surface area contributed by atoms with Gasteiger partial charge < -0.3 is 9.72 Å². The van der Waals surface area contributed by atoms with Crippen LogP contribution in [0.2, 0.25) is 10.0 Å². The fraction of sp³-hybridized carbons (Fsp3) is 0.130. The lowest BCUT2D eigenvalue weighted by Gasteiger charge is -2.05. The Morgan fingerprint density at radius 1 is 1.03 bits per heavy atom. The fourth-order valence-electron chi connectivity index (χ4n) is 2.94. The largest absolute Gasteiger partial charge is 0.452 e. The third-order valence-electron chi connectivity index (χ3n) is 4.82. The van der Waals surface area contributed by atoms with E-state index in [1.807, 2.05) is 13.8 Å². The lowest BCUT2D eigenvalue weighted by atomic mass is 10.1. The van der Waals surface area contributed by atoms with Gasteiger partial charge >= 0.3 is 5.97 Å². The van der Waals surface area contributed by atoms with Crippen LogP contribution >= 0.6 is 34.5 Å². The molecular formula is C23H18Cl2N4O3S. The number of hydrogen-bond donors (Lipinski definition) is 2. The van der Waals surface area contributed by atoms with Crippen LogP contribution in [0.3, 0.4) is 0 Å². The van der Waals surface area contributed by atoms with Crippen LogP contribution in [0.1, 0.15) is 21.7 Å². The number of esters is 1. The second-order valence-corrected chi connectivity index (χ2v) is 8.84. The molecule has 1 amide bonds. The molecule has 0 unspecified atom stereocenters. The van der Waals surface area contributed by atoms with Gasteiger partial charge in [-0.3, -0.25) is 10.1 Å². The minimum absolute atomic E-state index is 0.336. The lowest BCUT2D eigenvalue weighted by Crippen LogP contribution is -2.20. The number of anilines is 1. The van der Waals surface area contributed by atoms with Crippen molar-refractivity contribution in [1.82, 2.24) is 15.0 Å². The third kappa shape index (κ3) is 5.42. The molecule has 0 aliphatic carbocycles. The van der Waals surface area contributed by atoms with Gasteiger partial charge in [0.15, 0.2) is 11.7 Å². The van der Waals surface area contributed by atoms with E-state index in [-0.39, 0.29) is 0 Å². The SMILES string of the molecule is Cc1nc(-c2ccc(C(=O)OCC(=O)Nc3nc(-c4ccc(Cl)c(Cl)c4)cs3)cc2)[nH]c1C. The molecule has 2 aromatic carbocycles. The number of hydrogen-bond acceptors (Lipinski definition) is 6. The maximum atomic E-state index is 12.3. The number of aromatic amines is 1. The number of imidazole rings is 1. The first-order valence-electron chi connectivity index (χ1n) is 9.81. The van der Waals surface area contributed by atoms with Gasteiger partial charge in [0.2, 0.25) is 0 Å². The predicted octanol–water partition coefficient (Wildman–Crippen LogP) is 5.92. The summed E-state index contributed by atoms with van der Waals surface area (Å²) < 4.78 is 5.12. The Morgan fingerprint density at radius 3 is 2.42 bits per heavy atom. The summed E-state index contributed by atoms with van der Waals surface area (Å²) in [5.41, 5.74) is 4.51. The van der Waals surface area contributed by atoms with E-state index >= 15 is 0 Å². The molecule has 0 spiro atoms. The van der Waals surface area contributed by atoms with Gasteiger partial charge in [-0.25, -0.2) is 14.8 Å². The molecule has 2 aromatic heterocycles. The lowest BCUT2D eigenvalue weighted by molar-refractivity contribution is -0.119. The molecule has 0 aliphatic rings. The van der Waals surface area contributed by atoms with Crippen LogP contribution in [0.4, 0.5) is 5.13 Å². The number of aryl methyl sites for hydroxylation is 2. The normalized spacial score (nSPS) is 10.8. The number of benzene rings is 2. The second kappa shape index (κ2) is 9.74. The van der Waals surface area contributed by atoms with Gasteiger partial charge in [-0.05, 0) is 38.1 Å². The topological polar surface area (TPSA) is 97.0 Å². The van der Waals surface area contributed by atoms with Crippen molar-refractivity contribution in [2.45, 2.75) is 13.8 Å². The summed E-state index contributed by atoms with van der Waals surface area (Å²) >= 11 is 13.2. The first kappa shape index (κ1) is 23.0. The molecule has 10 heteroatoms. The van der Waals surface area contributed by atoms with Crippen LogP contribution in [0.25, 0.3) is 22.6 Å². The molecule has 0 radical (unpaired) electrons. The van der Waals surface area contributed by atoms with Gasteiger partial charge in [-0.1, -0.05) is 41.4 Å². The Bertz CT molecular complexity index is 1310. The van der Waals surface area contributed by atoms with Gasteiger partial charge in [0.05, 0.1) is 27.0 Å². The van der Waals surface area contributed by atoms with Crippen molar-refractivity contribution < 1.29 is 14.3 Å². The molecule has 0 saturated carbocycles. The molecule has 2 N–H and O–H groups in total. The summed E-state index contributed by atoms with van der Waals surface area (Å²) in [5.74, 6) is -0.358. The molecule has 0 aliphatic heterocycles. The fourth-order valence-corrected chi connectivity index (χ4v) is 3.97. The van der Waals surface area contributed by atoms with Crippen LogP contribution < -0.4 is 5.32 Å². The molecular weight excluding hydrogens is 483 g/mol. The number of nitrogens with one attached hydrogen (secondary N) is 2. The molecule has 4 rings (SSSR count). The summed E-state index contributed by atoms with van der Waals surface area (Å²) in [6, 6.07) is 12.0. The Kier molecular flexibility index (Phi) is 6.78. The highest BCUT2D eigenvalue weighted by Crippen LogP contribution is 2.30. The zero-order valence-corrected chi connectivity index (χ0v) is 19.9. The molecule has 33 heavy (non-hydrogen) atoms. The van der Waals surface area contributed by atoms with E-state index in [9.17, 15) is 9.59 Å². The zero-order chi connectivity index (χ0) is 23.5. The van der Waals surface area contributed by atoms with E-state index in [0.717, 1.165) is 28.3 Å². The standard InChI is InChI=1S/C23H18Cl2N4O3S/c1-12-13(2)27-21(26-12)14-3-5-15(6-4-14)22(31)32-10-20(30)29-23-28-19(11-33-23)16-7-8-17(24)18(25)9-16/h3-9,11H,10H2,1-2H3,(H,26,27)(H,28,29,30). The van der Waals surface area contributed by atoms with E-state index < -0.39 is 18.5 Å². The highest BCUT2D eigenvalue weighted by atomic mass is 35.5. The van der Waals surface area contributed by atoms with Crippen LogP contribution in [0, 0.1) is 13.8 Å². The number of amides is 1. The Morgan fingerprint density at radius 2 is 1.76 bits per heavy atom. The molecule has 0 bridgehead atoms. The van der Waals surface area contributed by atoms with Crippen molar-refractivity contribution in [3.8, 4) is 22.6 Å². The summed E-state index contributed by atoms with van der Waals surface area (Å²) in [4.78, 5) is 36.5. The molecule has 2 heterocycles. The number of nitrogens with zero attached hydrogens (tertiary/aromatic N) is 2. The summed E-state index contributed by atoms with van der Waals surface area (Å²) in [7, 11) is 0. The Hall–Kier alpha value is -3.20. The van der Waals surface area contributed by atoms with E-state index in [4.69, 9.17) is 27.9 Å².